The standard InChI is InChI=1S/C17H26N2O/c1-12(18)15-6-5-14(11-16(15)20)19-9-7-13(8-10-19)17(2,3)4/h5-7,11-12,20H,8-10,18H2,1-4H3. The van der Waals surface area contributed by atoms with E-state index in [0.717, 1.165) is 30.8 Å². The van der Waals surface area contributed by atoms with Crippen molar-refractivity contribution >= 4 is 5.69 Å². The van der Waals surface area contributed by atoms with Crippen LogP contribution in [0.5, 0.6) is 5.75 Å². The van der Waals surface area contributed by atoms with Crippen molar-refractivity contribution in [3.8, 4) is 5.75 Å². The van der Waals surface area contributed by atoms with E-state index in [1.165, 1.54) is 5.57 Å². The molecule has 0 aromatic heterocycles. The number of hydrogen-bond acceptors (Lipinski definition) is 3. The largest absolute Gasteiger partial charge is 0.508 e. The fourth-order valence-electron chi connectivity index (χ4n) is 2.70. The number of phenols is 1. The van der Waals surface area contributed by atoms with Crippen LogP contribution in [-0.2, 0) is 0 Å². The van der Waals surface area contributed by atoms with Crippen LogP contribution >= 0.6 is 0 Å². The fourth-order valence-corrected chi connectivity index (χ4v) is 2.70. The minimum atomic E-state index is -0.141. The van der Waals surface area contributed by atoms with Crippen LogP contribution in [0.3, 0.4) is 0 Å². The van der Waals surface area contributed by atoms with Gasteiger partial charge < -0.3 is 15.7 Å². The van der Waals surface area contributed by atoms with E-state index in [1.807, 2.05) is 25.1 Å². The zero-order valence-electron chi connectivity index (χ0n) is 13.0. The SMILES string of the molecule is CC(N)c1ccc(N2CC=C(C(C)(C)C)CC2)cc1O. The lowest BCUT2D eigenvalue weighted by molar-refractivity contribution is 0.462. The molecule has 0 saturated carbocycles. The maximum absolute atomic E-state index is 10.1. The summed E-state index contributed by atoms with van der Waals surface area (Å²) in [5.74, 6) is 0.295. The number of anilines is 1. The van der Waals surface area contributed by atoms with E-state index < -0.39 is 0 Å². The molecule has 110 valence electrons. The summed E-state index contributed by atoms with van der Waals surface area (Å²) < 4.78 is 0. The molecule has 1 aliphatic heterocycles. The predicted molar refractivity (Wildman–Crippen MR) is 85.1 cm³/mol. The Kier molecular flexibility index (Phi) is 4.09. The van der Waals surface area contributed by atoms with Gasteiger partial charge in [0.2, 0.25) is 0 Å². The van der Waals surface area contributed by atoms with Crippen molar-refractivity contribution in [2.75, 3.05) is 18.0 Å². The molecule has 0 amide bonds. The Hall–Kier alpha value is -1.48. The van der Waals surface area contributed by atoms with Crippen LogP contribution in [0.4, 0.5) is 5.69 Å². The summed E-state index contributed by atoms with van der Waals surface area (Å²) >= 11 is 0. The van der Waals surface area contributed by atoms with Crippen molar-refractivity contribution in [1.29, 1.82) is 0 Å². The normalized spacial score (nSPS) is 17.9. The molecule has 1 atom stereocenters. The van der Waals surface area contributed by atoms with Gasteiger partial charge in [-0.3, -0.25) is 0 Å². The topological polar surface area (TPSA) is 49.5 Å². The van der Waals surface area contributed by atoms with Gasteiger partial charge in [0.15, 0.2) is 0 Å². The van der Waals surface area contributed by atoms with E-state index in [0.29, 0.717) is 5.75 Å². The van der Waals surface area contributed by atoms with E-state index >= 15 is 0 Å². The van der Waals surface area contributed by atoms with Gasteiger partial charge in [-0.1, -0.05) is 38.5 Å². The number of rotatable bonds is 2. The summed E-state index contributed by atoms with van der Waals surface area (Å²) in [5.41, 5.74) is 9.47. The first kappa shape index (κ1) is 14.9. The van der Waals surface area contributed by atoms with Crippen LogP contribution in [0.15, 0.2) is 29.8 Å². The van der Waals surface area contributed by atoms with Crippen molar-refractivity contribution in [2.45, 2.75) is 40.2 Å². The van der Waals surface area contributed by atoms with Gasteiger partial charge >= 0.3 is 0 Å². The molecule has 20 heavy (non-hydrogen) atoms. The summed E-state index contributed by atoms with van der Waals surface area (Å²) in [5, 5.41) is 10.1. The Morgan fingerprint density at radius 3 is 2.45 bits per heavy atom. The average molecular weight is 274 g/mol. The van der Waals surface area contributed by atoms with Gasteiger partial charge in [-0.15, -0.1) is 0 Å². The first-order valence-corrected chi connectivity index (χ1v) is 7.32. The molecule has 2 rings (SSSR count). The molecular formula is C17H26N2O. The Labute approximate surface area is 122 Å². The predicted octanol–water partition coefficient (Wildman–Crippen LogP) is 3.59. The number of nitrogens with zero attached hydrogens (tertiary/aromatic N) is 1. The first-order valence-electron chi connectivity index (χ1n) is 7.32. The molecule has 0 saturated heterocycles. The molecule has 0 spiro atoms. The van der Waals surface area contributed by atoms with Crippen LogP contribution in [0, 0.1) is 5.41 Å². The summed E-state index contributed by atoms with van der Waals surface area (Å²) in [7, 11) is 0. The maximum atomic E-state index is 10.1. The van der Waals surface area contributed by atoms with Crippen molar-refractivity contribution in [3.05, 3.63) is 35.4 Å². The summed E-state index contributed by atoms with van der Waals surface area (Å²) in [6.45, 7) is 10.6. The third kappa shape index (κ3) is 3.15. The molecule has 0 bridgehead atoms. The molecule has 1 aromatic carbocycles. The van der Waals surface area contributed by atoms with Gasteiger partial charge in [0.05, 0.1) is 0 Å². The molecule has 1 aromatic rings. The average Bonchev–Trinajstić information content (AvgIpc) is 2.37. The number of benzene rings is 1. The van der Waals surface area contributed by atoms with Crippen molar-refractivity contribution < 1.29 is 5.11 Å². The highest BCUT2D eigenvalue weighted by atomic mass is 16.3. The van der Waals surface area contributed by atoms with Crippen LogP contribution < -0.4 is 10.6 Å². The molecule has 0 radical (unpaired) electrons. The summed E-state index contributed by atoms with van der Waals surface area (Å²) in [4.78, 5) is 2.29. The van der Waals surface area contributed by atoms with Crippen molar-refractivity contribution in [2.24, 2.45) is 11.1 Å². The molecule has 1 unspecified atom stereocenters. The second-order valence-corrected chi connectivity index (χ2v) is 6.71. The summed E-state index contributed by atoms with van der Waals surface area (Å²) in [6, 6.07) is 5.67. The molecule has 3 nitrogen and oxygen atoms in total. The van der Waals surface area contributed by atoms with Crippen LogP contribution in [0.2, 0.25) is 0 Å². The van der Waals surface area contributed by atoms with E-state index in [2.05, 4.69) is 31.7 Å². The van der Waals surface area contributed by atoms with Gasteiger partial charge in [0, 0.05) is 36.4 Å². The third-order valence-electron chi connectivity index (χ3n) is 4.04. The second kappa shape index (κ2) is 5.49. The molecule has 3 heteroatoms. The fraction of sp³-hybridized carbons (Fsp3) is 0.529. The zero-order chi connectivity index (χ0) is 14.9. The minimum Gasteiger partial charge on any atom is -0.508 e. The Morgan fingerprint density at radius 2 is 2.00 bits per heavy atom. The minimum absolute atomic E-state index is 0.141. The molecule has 1 aliphatic rings. The lowest BCUT2D eigenvalue weighted by Crippen LogP contribution is -2.31. The lowest BCUT2D eigenvalue weighted by atomic mass is 9.83. The van der Waals surface area contributed by atoms with Crippen LogP contribution in [-0.4, -0.2) is 18.2 Å². The maximum Gasteiger partial charge on any atom is 0.122 e. The van der Waals surface area contributed by atoms with Crippen molar-refractivity contribution in [1.82, 2.24) is 0 Å². The first-order chi connectivity index (χ1) is 9.29. The van der Waals surface area contributed by atoms with Crippen molar-refractivity contribution in [3.63, 3.8) is 0 Å². The number of nitrogens with two attached hydrogens (primary N) is 1. The third-order valence-corrected chi connectivity index (χ3v) is 4.04. The Balaban J connectivity index is 2.15. The van der Waals surface area contributed by atoms with Crippen LogP contribution in [0.1, 0.15) is 45.7 Å². The summed E-state index contributed by atoms with van der Waals surface area (Å²) in [6.07, 6.45) is 3.40. The van der Waals surface area contributed by atoms with Gasteiger partial charge in [0.25, 0.3) is 0 Å². The molecule has 3 N–H and O–H groups in total. The monoisotopic (exact) mass is 274 g/mol. The smallest absolute Gasteiger partial charge is 0.122 e. The Bertz CT molecular complexity index is 512. The van der Waals surface area contributed by atoms with E-state index in [-0.39, 0.29) is 11.5 Å². The molecule has 0 aliphatic carbocycles. The Morgan fingerprint density at radius 1 is 1.30 bits per heavy atom. The van der Waals surface area contributed by atoms with Gasteiger partial charge in [-0.2, -0.15) is 0 Å². The van der Waals surface area contributed by atoms with E-state index in [9.17, 15) is 5.11 Å². The lowest BCUT2D eigenvalue weighted by Gasteiger charge is -2.33. The van der Waals surface area contributed by atoms with Gasteiger partial charge in [-0.05, 0) is 24.8 Å². The highest BCUT2D eigenvalue weighted by Gasteiger charge is 2.21. The van der Waals surface area contributed by atoms with E-state index in [4.69, 9.17) is 5.73 Å². The van der Waals surface area contributed by atoms with Gasteiger partial charge in [-0.25, -0.2) is 0 Å². The molecular weight excluding hydrogens is 248 g/mol. The highest BCUT2D eigenvalue weighted by Crippen LogP contribution is 2.33. The number of hydrogen-bond donors (Lipinski definition) is 2. The molecule has 0 fully saturated rings. The number of phenolic OH excluding ortho intramolecular Hbond substituents is 1. The second-order valence-electron chi connectivity index (χ2n) is 6.71. The van der Waals surface area contributed by atoms with Crippen LogP contribution in [0.25, 0.3) is 0 Å². The van der Waals surface area contributed by atoms with Gasteiger partial charge in [0.1, 0.15) is 5.75 Å². The molecule has 1 heterocycles. The van der Waals surface area contributed by atoms with E-state index in [1.54, 1.807) is 0 Å². The zero-order valence-corrected chi connectivity index (χ0v) is 13.0. The highest BCUT2D eigenvalue weighted by molar-refractivity contribution is 5.55. The quantitative estimate of drug-likeness (QED) is 0.810. The number of aromatic hydroxyl groups is 1.